The molecule has 0 saturated carbocycles. The number of benzene rings is 2. The van der Waals surface area contributed by atoms with E-state index in [4.69, 9.17) is 9.84 Å². The Balaban J connectivity index is 1.25. The number of aliphatic carboxylic acids is 1. The largest absolute Gasteiger partial charge is 0.481 e. The molecule has 7 nitrogen and oxygen atoms in total. The summed E-state index contributed by atoms with van der Waals surface area (Å²) >= 11 is 0. The summed E-state index contributed by atoms with van der Waals surface area (Å²) in [5, 5.41) is 11.5. The number of fused-ring (bicyclic) bond motifs is 3. The molecule has 9 heteroatoms. The van der Waals surface area contributed by atoms with E-state index in [0.29, 0.717) is 0 Å². The van der Waals surface area contributed by atoms with Crippen LogP contribution >= 0.6 is 0 Å². The van der Waals surface area contributed by atoms with Crippen molar-refractivity contribution in [1.29, 1.82) is 0 Å². The van der Waals surface area contributed by atoms with Crippen LogP contribution in [0.1, 0.15) is 30.4 Å². The van der Waals surface area contributed by atoms with Crippen LogP contribution in [0.15, 0.2) is 48.5 Å². The first kappa shape index (κ1) is 23.7. The van der Waals surface area contributed by atoms with Gasteiger partial charge < -0.3 is 20.1 Å². The summed E-state index contributed by atoms with van der Waals surface area (Å²) in [6, 6.07) is 16.0. The predicted molar refractivity (Wildman–Crippen MR) is 120 cm³/mol. The minimum Gasteiger partial charge on any atom is -0.481 e. The second-order valence-corrected chi connectivity index (χ2v) is 8.81. The Morgan fingerprint density at radius 2 is 1.71 bits per heavy atom. The zero-order valence-corrected chi connectivity index (χ0v) is 18.7. The number of carbonyl (C=O) groups is 3. The summed E-state index contributed by atoms with van der Waals surface area (Å²) < 4.78 is 33.1. The number of nitrogens with one attached hydrogen (secondary N) is 1. The average Bonchev–Trinajstić information content (AvgIpc) is 3.31. The maximum Gasteiger partial charge on any atom is 0.407 e. The number of alkyl carbamates (subject to hydrolysis) is 1. The first-order chi connectivity index (χ1) is 16.2. The van der Waals surface area contributed by atoms with Gasteiger partial charge in [0.2, 0.25) is 5.91 Å². The molecule has 1 heterocycles. The van der Waals surface area contributed by atoms with E-state index in [9.17, 15) is 23.2 Å². The molecule has 2 N–H and O–H groups in total. The minimum absolute atomic E-state index is 0.0716. The molecule has 0 radical (unpaired) electrons. The van der Waals surface area contributed by atoms with Gasteiger partial charge in [-0.05, 0) is 28.7 Å². The van der Waals surface area contributed by atoms with E-state index in [2.05, 4.69) is 5.32 Å². The summed E-state index contributed by atoms with van der Waals surface area (Å²) in [5.74, 6) is -8.26. The third-order valence-corrected chi connectivity index (χ3v) is 6.54. The van der Waals surface area contributed by atoms with Gasteiger partial charge in [0.25, 0.3) is 5.92 Å². The Morgan fingerprint density at radius 1 is 1.12 bits per heavy atom. The zero-order valence-electron chi connectivity index (χ0n) is 18.7. The van der Waals surface area contributed by atoms with Gasteiger partial charge in [0.1, 0.15) is 12.5 Å². The third kappa shape index (κ3) is 4.60. The lowest BCUT2D eigenvalue weighted by Crippen LogP contribution is -2.37. The Bertz CT molecular complexity index is 1060. The molecule has 1 fully saturated rings. The van der Waals surface area contributed by atoms with Crippen LogP contribution in [0, 0.1) is 11.8 Å². The van der Waals surface area contributed by atoms with E-state index in [1.165, 1.54) is 0 Å². The molecule has 2 atom stereocenters. The highest BCUT2D eigenvalue weighted by Gasteiger charge is 2.53. The molecule has 2 aromatic rings. The zero-order chi connectivity index (χ0) is 24.5. The van der Waals surface area contributed by atoms with Crippen LogP contribution in [0.4, 0.5) is 13.6 Å². The second kappa shape index (κ2) is 9.40. The second-order valence-electron chi connectivity index (χ2n) is 8.81. The van der Waals surface area contributed by atoms with E-state index in [1.807, 2.05) is 48.5 Å². The topological polar surface area (TPSA) is 95.9 Å². The normalized spacial score (nSPS) is 19.3. The molecular formula is C25H26F2N2O5. The Morgan fingerprint density at radius 3 is 2.26 bits per heavy atom. The maximum atomic E-state index is 13.8. The monoisotopic (exact) mass is 472 g/mol. The highest BCUT2D eigenvalue weighted by atomic mass is 19.3. The van der Waals surface area contributed by atoms with Gasteiger partial charge in [-0.3, -0.25) is 9.59 Å². The fourth-order valence-electron chi connectivity index (χ4n) is 4.69. The van der Waals surface area contributed by atoms with Crippen LogP contribution in [0.2, 0.25) is 0 Å². The van der Waals surface area contributed by atoms with E-state index in [0.717, 1.165) is 27.2 Å². The SMILES string of the molecule is CC(CCNC(=O)OCC1c2ccccc2-c2ccccc21)C(=O)N1CC(C(=O)O)C(F)(F)C1. The summed E-state index contributed by atoms with van der Waals surface area (Å²) in [6.07, 6.45) is -0.414. The lowest BCUT2D eigenvalue weighted by molar-refractivity contribution is -0.151. The summed E-state index contributed by atoms with van der Waals surface area (Å²) in [5.41, 5.74) is 4.43. The van der Waals surface area contributed by atoms with Crippen LogP contribution in [0.3, 0.4) is 0 Å². The predicted octanol–water partition coefficient (Wildman–Crippen LogP) is 3.73. The van der Waals surface area contributed by atoms with Crippen molar-refractivity contribution >= 4 is 18.0 Å². The number of likely N-dealkylation sites (tertiary alicyclic amines) is 1. The highest BCUT2D eigenvalue weighted by Crippen LogP contribution is 2.44. The molecule has 1 saturated heterocycles. The molecule has 0 bridgehead atoms. The standard InChI is InChI=1S/C25H26F2N2O5/c1-15(22(30)29-12-21(23(31)32)25(26,27)14-29)10-11-28-24(33)34-13-20-18-8-4-2-6-16(18)17-7-3-5-9-19(17)20/h2-9,15,20-21H,10-14H2,1H3,(H,28,33)(H,31,32). The number of alkyl halides is 2. The Kier molecular flexibility index (Phi) is 6.54. The van der Waals surface area contributed by atoms with E-state index in [-0.39, 0.29) is 25.5 Å². The molecule has 2 unspecified atom stereocenters. The first-order valence-corrected chi connectivity index (χ1v) is 11.2. The van der Waals surface area contributed by atoms with Gasteiger partial charge in [0.15, 0.2) is 0 Å². The number of carbonyl (C=O) groups excluding carboxylic acids is 2. The lowest BCUT2D eigenvalue weighted by Gasteiger charge is -2.20. The van der Waals surface area contributed by atoms with Crippen molar-refractivity contribution in [2.45, 2.75) is 25.2 Å². The Labute approximate surface area is 195 Å². The molecule has 4 rings (SSSR count). The molecule has 2 aliphatic rings. The summed E-state index contributed by atoms with van der Waals surface area (Å²) in [4.78, 5) is 36.6. The van der Waals surface area contributed by atoms with Crippen LogP contribution in [-0.2, 0) is 14.3 Å². The van der Waals surface area contributed by atoms with Crippen molar-refractivity contribution in [3.63, 3.8) is 0 Å². The van der Waals surface area contributed by atoms with Gasteiger partial charge in [0.05, 0.1) is 6.54 Å². The molecule has 1 aliphatic carbocycles. The lowest BCUT2D eigenvalue weighted by atomic mass is 9.98. The van der Waals surface area contributed by atoms with Crippen LogP contribution in [0.5, 0.6) is 0 Å². The third-order valence-electron chi connectivity index (χ3n) is 6.54. The molecule has 2 aromatic carbocycles. The summed E-state index contributed by atoms with van der Waals surface area (Å²) in [7, 11) is 0. The number of carboxylic acids is 1. The quantitative estimate of drug-likeness (QED) is 0.640. The van der Waals surface area contributed by atoms with Crippen molar-refractivity contribution in [2.75, 3.05) is 26.2 Å². The maximum absolute atomic E-state index is 13.8. The number of amides is 2. The van der Waals surface area contributed by atoms with E-state index >= 15 is 0 Å². The van der Waals surface area contributed by atoms with Crippen molar-refractivity contribution in [1.82, 2.24) is 10.2 Å². The van der Waals surface area contributed by atoms with Gasteiger partial charge in [-0.2, -0.15) is 0 Å². The van der Waals surface area contributed by atoms with Gasteiger partial charge in [0, 0.05) is 24.9 Å². The highest BCUT2D eigenvalue weighted by molar-refractivity contribution is 5.81. The molecule has 2 amide bonds. The number of nitrogens with zero attached hydrogens (tertiary/aromatic N) is 1. The van der Waals surface area contributed by atoms with Crippen molar-refractivity contribution in [3.05, 3.63) is 59.7 Å². The van der Waals surface area contributed by atoms with Gasteiger partial charge in [-0.1, -0.05) is 55.5 Å². The van der Waals surface area contributed by atoms with Crippen molar-refractivity contribution in [3.8, 4) is 11.1 Å². The molecule has 0 aromatic heterocycles. The minimum atomic E-state index is -3.46. The van der Waals surface area contributed by atoms with Crippen LogP contribution in [0.25, 0.3) is 11.1 Å². The van der Waals surface area contributed by atoms with Gasteiger partial charge in [-0.25, -0.2) is 13.6 Å². The molecule has 180 valence electrons. The van der Waals surface area contributed by atoms with Crippen molar-refractivity contribution in [2.24, 2.45) is 11.8 Å². The number of halogens is 2. The molecule has 0 spiro atoms. The van der Waals surface area contributed by atoms with Crippen LogP contribution in [-0.4, -0.2) is 60.1 Å². The number of rotatable bonds is 7. The van der Waals surface area contributed by atoms with Crippen molar-refractivity contribution < 1.29 is 33.0 Å². The van der Waals surface area contributed by atoms with E-state index < -0.39 is 48.8 Å². The molecule has 34 heavy (non-hydrogen) atoms. The molecule has 1 aliphatic heterocycles. The average molecular weight is 472 g/mol. The fraction of sp³-hybridized carbons (Fsp3) is 0.400. The number of hydrogen-bond donors (Lipinski definition) is 2. The molecular weight excluding hydrogens is 446 g/mol. The fourth-order valence-corrected chi connectivity index (χ4v) is 4.69. The first-order valence-electron chi connectivity index (χ1n) is 11.2. The van der Waals surface area contributed by atoms with Gasteiger partial charge >= 0.3 is 12.1 Å². The van der Waals surface area contributed by atoms with E-state index in [1.54, 1.807) is 6.92 Å². The van der Waals surface area contributed by atoms with Gasteiger partial charge in [-0.15, -0.1) is 0 Å². The van der Waals surface area contributed by atoms with Crippen LogP contribution < -0.4 is 5.32 Å². The Hall–Kier alpha value is -3.49. The summed E-state index contributed by atoms with van der Waals surface area (Å²) in [6.45, 7) is 0.413. The number of ether oxygens (including phenoxy) is 1. The smallest absolute Gasteiger partial charge is 0.407 e. The number of hydrogen-bond acceptors (Lipinski definition) is 4. The number of carboxylic acid groups (broad SMARTS) is 1.